The van der Waals surface area contributed by atoms with Crippen LogP contribution in [0.25, 0.3) is 0 Å². The largest absolute Gasteiger partial charge is 0.473 e. The Labute approximate surface area is 118 Å². The predicted octanol–water partition coefficient (Wildman–Crippen LogP) is 4.11. The number of hydrogen-bond donors (Lipinski definition) is 1. The molecule has 0 aromatic heterocycles. The molecule has 0 aliphatic heterocycles. The maximum Gasteiger partial charge on any atom is 0.264 e. The van der Waals surface area contributed by atoms with Gasteiger partial charge in [-0.25, -0.2) is 8.78 Å². The van der Waals surface area contributed by atoms with Gasteiger partial charge in [0.25, 0.3) is 6.43 Å². The van der Waals surface area contributed by atoms with Crippen molar-refractivity contribution in [2.45, 2.75) is 33.8 Å². The third kappa shape index (κ3) is 4.05. The smallest absolute Gasteiger partial charge is 0.264 e. The van der Waals surface area contributed by atoms with Crippen molar-refractivity contribution in [3.8, 4) is 0 Å². The van der Waals surface area contributed by atoms with Crippen molar-refractivity contribution in [3.05, 3.63) is 41.0 Å². The minimum Gasteiger partial charge on any atom is -0.473 e. The van der Waals surface area contributed by atoms with E-state index >= 15 is 0 Å². The van der Waals surface area contributed by atoms with E-state index in [1.807, 2.05) is 26.8 Å². The number of nitrogen functional groups attached to an aromatic ring is 1. The van der Waals surface area contributed by atoms with Gasteiger partial charge in [0.05, 0.1) is 0 Å². The SMILES string of the molecule is C/C=C(C)\C(=N/CC)OCc1c(N)cccc1C(F)F. The first-order chi connectivity index (χ1) is 9.51. The second-order valence-electron chi connectivity index (χ2n) is 4.26. The van der Waals surface area contributed by atoms with E-state index in [-0.39, 0.29) is 12.2 Å². The Bertz CT molecular complexity index is 511. The van der Waals surface area contributed by atoms with Crippen LogP contribution in [0.2, 0.25) is 0 Å². The van der Waals surface area contributed by atoms with E-state index in [2.05, 4.69) is 4.99 Å². The molecule has 0 saturated carbocycles. The van der Waals surface area contributed by atoms with Crippen LogP contribution in [0, 0.1) is 0 Å². The van der Waals surface area contributed by atoms with E-state index in [0.29, 0.717) is 23.7 Å². The molecule has 0 amide bonds. The molecule has 2 N–H and O–H groups in total. The van der Waals surface area contributed by atoms with Crippen LogP contribution in [0.15, 0.2) is 34.8 Å². The predicted molar refractivity (Wildman–Crippen MR) is 78.0 cm³/mol. The van der Waals surface area contributed by atoms with Gasteiger partial charge in [-0.1, -0.05) is 18.2 Å². The van der Waals surface area contributed by atoms with Crippen molar-refractivity contribution in [1.29, 1.82) is 0 Å². The molecule has 0 heterocycles. The average molecular weight is 282 g/mol. The van der Waals surface area contributed by atoms with E-state index < -0.39 is 6.43 Å². The molecule has 1 rings (SSSR count). The summed E-state index contributed by atoms with van der Waals surface area (Å²) in [5, 5.41) is 0. The fourth-order valence-electron chi connectivity index (χ4n) is 1.69. The van der Waals surface area contributed by atoms with Gasteiger partial charge < -0.3 is 10.5 Å². The van der Waals surface area contributed by atoms with Crippen LogP contribution >= 0.6 is 0 Å². The van der Waals surface area contributed by atoms with Gasteiger partial charge in [0, 0.05) is 28.9 Å². The van der Waals surface area contributed by atoms with Crippen molar-refractivity contribution in [2.24, 2.45) is 4.99 Å². The number of alkyl halides is 2. The van der Waals surface area contributed by atoms with Crippen LogP contribution in [-0.4, -0.2) is 12.4 Å². The molecule has 0 bridgehead atoms. The third-order valence-corrected chi connectivity index (χ3v) is 2.91. The summed E-state index contributed by atoms with van der Waals surface area (Å²) in [6.07, 6.45) is -0.719. The summed E-state index contributed by atoms with van der Waals surface area (Å²) in [6, 6.07) is 4.46. The van der Waals surface area contributed by atoms with Crippen LogP contribution in [0.5, 0.6) is 0 Å². The molecule has 1 aromatic carbocycles. The first-order valence-corrected chi connectivity index (χ1v) is 6.47. The van der Waals surface area contributed by atoms with Crippen molar-refractivity contribution < 1.29 is 13.5 Å². The first kappa shape index (κ1) is 16.1. The Kier molecular flexibility index (Phi) is 6.15. The Morgan fingerprint density at radius 1 is 1.45 bits per heavy atom. The minimum absolute atomic E-state index is 0.0175. The van der Waals surface area contributed by atoms with Crippen molar-refractivity contribution in [1.82, 2.24) is 0 Å². The lowest BCUT2D eigenvalue weighted by molar-refractivity contribution is 0.147. The standard InChI is InChI=1S/C15H20F2N2O/c1-4-10(3)15(19-5-2)20-9-12-11(14(16)17)7-6-8-13(12)18/h4,6-8,14H,5,9,18H2,1-3H3/b10-4-,19-15+. The Morgan fingerprint density at radius 2 is 2.15 bits per heavy atom. The second-order valence-corrected chi connectivity index (χ2v) is 4.26. The molecule has 3 nitrogen and oxygen atoms in total. The Morgan fingerprint density at radius 3 is 2.70 bits per heavy atom. The number of nitrogens with zero attached hydrogens (tertiary/aromatic N) is 1. The zero-order valence-electron chi connectivity index (χ0n) is 12.0. The van der Waals surface area contributed by atoms with Gasteiger partial charge in [0.2, 0.25) is 5.90 Å². The molecule has 0 aliphatic carbocycles. The van der Waals surface area contributed by atoms with Crippen LogP contribution < -0.4 is 5.73 Å². The molecule has 20 heavy (non-hydrogen) atoms. The van der Waals surface area contributed by atoms with Gasteiger partial charge in [-0.05, 0) is 26.8 Å². The molecule has 0 spiro atoms. The minimum atomic E-state index is -2.58. The molecule has 0 aliphatic rings. The number of benzene rings is 1. The third-order valence-electron chi connectivity index (χ3n) is 2.91. The summed E-state index contributed by atoms with van der Waals surface area (Å²) in [5.41, 5.74) is 7.14. The van der Waals surface area contributed by atoms with E-state index in [4.69, 9.17) is 10.5 Å². The second kappa shape index (κ2) is 7.62. The lowest BCUT2D eigenvalue weighted by Gasteiger charge is -2.14. The summed E-state index contributed by atoms with van der Waals surface area (Å²) < 4.78 is 31.5. The molecule has 0 fully saturated rings. The first-order valence-electron chi connectivity index (χ1n) is 6.47. The van der Waals surface area contributed by atoms with E-state index in [1.165, 1.54) is 12.1 Å². The van der Waals surface area contributed by atoms with Crippen LogP contribution in [0.4, 0.5) is 14.5 Å². The number of ether oxygens (including phenoxy) is 1. The average Bonchev–Trinajstić information content (AvgIpc) is 2.43. The highest BCUT2D eigenvalue weighted by molar-refractivity contribution is 5.92. The number of allylic oxidation sites excluding steroid dienone is 1. The molecule has 5 heteroatoms. The van der Waals surface area contributed by atoms with Crippen molar-refractivity contribution in [2.75, 3.05) is 12.3 Å². The summed E-state index contributed by atoms with van der Waals surface area (Å²) in [7, 11) is 0. The van der Waals surface area contributed by atoms with Gasteiger partial charge in [0.1, 0.15) is 6.61 Å². The highest BCUT2D eigenvalue weighted by atomic mass is 19.3. The van der Waals surface area contributed by atoms with Gasteiger partial charge in [-0.2, -0.15) is 0 Å². The Balaban J connectivity index is 2.97. The topological polar surface area (TPSA) is 47.6 Å². The lowest BCUT2D eigenvalue weighted by atomic mass is 10.1. The maximum atomic E-state index is 13.0. The summed E-state index contributed by atoms with van der Waals surface area (Å²) in [4.78, 5) is 4.21. The molecule has 110 valence electrons. The number of aliphatic imine (C=N–C) groups is 1. The van der Waals surface area contributed by atoms with Gasteiger partial charge in [0.15, 0.2) is 0 Å². The number of hydrogen-bond acceptors (Lipinski definition) is 3. The zero-order chi connectivity index (χ0) is 15.1. The molecule has 0 radical (unpaired) electrons. The Hall–Kier alpha value is -1.91. The molecule has 0 saturated heterocycles. The lowest BCUT2D eigenvalue weighted by Crippen LogP contribution is -2.10. The van der Waals surface area contributed by atoms with Gasteiger partial charge in [-0.15, -0.1) is 0 Å². The number of halogens is 2. The number of rotatable bonds is 5. The summed E-state index contributed by atoms with van der Waals surface area (Å²) >= 11 is 0. The van der Waals surface area contributed by atoms with E-state index in [1.54, 1.807) is 6.07 Å². The molecule has 0 unspecified atom stereocenters. The van der Waals surface area contributed by atoms with Crippen LogP contribution in [-0.2, 0) is 11.3 Å². The zero-order valence-corrected chi connectivity index (χ0v) is 12.0. The maximum absolute atomic E-state index is 13.0. The monoisotopic (exact) mass is 282 g/mol. The van der Waals surface area contributed by atoms with Gasteiger partial charge >= 0.3 is 0 Å². The fraction of sp³-hybridized carbons (Fsp3) is 0.400. The summed E-state index contributed by atoms with van der Waals surface area (Å²) in [5.74, 6) is 0.457. The van der Waals surface area contributed by atoms with Crippen LogP contribution in [0.1, 0.15) is 38.3 Å². The molecule has 0 atom stereocenters. The fourth-order valence-corrected chi connectivity index (χ4v) is 1.69. The highest BCUT2D eigenvalue weighted by Crippen LogP contribution is 2.27. The molecular formula is C15H20F2N2O. The van der Waals surface area contributed by atoms with E-state index in [9.17, 15) is 8.78 Å². The molecule has 1 aromatic rings. The van der Waals surface area contributed by atoms with E-state index in [0.717, 1.165) is 5.57 Å². The quantitative estimate of drug-likeness (QED) is 0.502. The van der Waals surface area contributed by atoms with Crippen molar-refractivity contribution in [3.63, 3.8) is 0 Å². The normalized spacial score (nSPS) is 12.9. The molecular weight excluding hydrogens is 262 g/mol. The summed E-state index contributed by atoms with van der Waals surface area (Å²) in [6.45, 7) is 6.15. The number of anilines is 1. The van der Waals surface area contributed by atoms with Gasteiger partial charge in [-0.3, -0.25) is 4.99 Å². The van der Waals surface area contributed by atoms with Crippen molar-refractivity contribution >= 4 is 11.6 Å². The number of nitrogens with two attached hydrogens (primary N) is 1. The highest BCUT2D eigenvalue weighted by Gasteiger charge is 2.16. The van der Waals surface area contributed by atoms with Crippen LogP contribution in [0.3, 0.4) is 0 Å².